The van der Waals surface area contributed by atoms with Gasteiger partial charge in [-0.2, -0.15) is 0 Å². The minimum Gasteiger partial charge on any atom is -0.387 e. The highest BCUT2D eigenvalue weighted by molar-refractivity contribution is 7.47. The monoisotopic (exact) mass is 1020 g/mol. The van der Waals surface area contributed by atoms with Crippen LogP contribution in [0.2, 0.25) is 0 Å². The van der Waals surface area contributed by atoms with E-state index in [0.29, 0.717) is 6.42 Å². The molecule has 0 saturated heterocycles. The predicted octanol–water partition coefficient (Wildman–Crippen LogP) is 19.8. The molecule has 5 N–H and O–H groups in total. The van der Waals surface area contributed by atoms with Gasteiger partial charge < -0.3 is 21.1 Å². The normalized spacial score (nSPS) is 13.6. The van der Waals surface area contributed by atoms with Crippen molar-refractivity contribution in [2.75, 3.05) is 19.8 Å². The maximum absolute atomic E-state index is 12.9. The molecule has 0 bridgehead atoms. The summed E-state index contributed by atoms with van der Waals surface area (Å²) in [5.74, 6) is -0.185. The predicted molar refractivity (Wildman–Crippen MR) is 309 cm³/mol. The topological polar surface area (TPSA) is 131 Å². The summed E-state index contributed by atoms with van der Waals surface area (Å²) in [6, 6.07) is -0.857. The minimum absolute atomic E-state index is 0.0818. The second kappa shape index (κ2) is 58.5. The molecule has 0 rings (SSSR count). The molecule has 3 atom stereocenters. The fourth-order valence-electron chi connectivity index (χ4n) is 10.1. The summed E-state index contributed by atoms with van der Waals surface area (Å²) >= 11 is 0. The van der Waals surface area contributed by atoms with Crippen molar-refractivity contribution in [1.82, 2.24) is 5.32 Å². The average molecular weight is 1030 g/mol. The molecule has 0 heterocycles. The van der Waals surface area contributed by atoms with Gasteiger partial charge in [0.05, 0.1) is 25.4 Å². The fraction of sp³-hybridized carbons (Fsp3) is 0.952. The molecule has 0 radical (unpaired) electrons. The highest BCUT2D eigenvalue weighted by Gasteiger charge is 2.27. The maximum atomic E-state index is 12.9. The van der Waals surface area contributed by atoms with Crippen molar-refractivity contribution in [3.63, 3.8) is 0 Å². The number of allylic oxidation sites excluding steroid dienone is 1. The molecule has 0 aliphatic rings. The third-order valence-electron chi connectivity index (χ3n) is 14.9. The van der Waals surface area contributed by atoms with E-state index in [0.717, 1.165) is 38.5 Å². The number of aliphatic hydroxyl groups is 1. The van der Waals surface area contributed by atoms with E-state index < -0.39 is 20.0 Å². The Labute approximate surface area is 443 Å². The molecule has 0 saturated carbocycles. The third kappa shape index (κ3) is 56.8. The Morgan fingerprint density at radius 3 is 1.00 bits per heavy atom. The van der Waals surface area contributed by atoms with E-state index >= 15 is 0 Å². The van der Waals surface area contributed by atoms with E-state index in [1.54, 1.807) is 6.08 Å². The number of phosphoric ester groups is 1. The molecule has 0 aromatic carbocycles. The Hall–Kier alpha value is -0.760. The summed E-state index contributed by atoms with van der Waals surface area (Å²) in [7, 11) is -4.34. The lowest BCUT2D eigenvalue weighted by Gasteiger charge is -2.23. The molecule has 71 heavy (non-hydrogen) atoms. The highest BCUT2D eigenvalue weighted by Crippen LogP contribution is 2.43. The first-order valence-corrected chi connectivity index (χ1v) is 33.3. The van der Waals surface area contributed by atoms with Gasteiger partial charge in [0, 0.05) is 13.0 Å². The summed E-state index contributed by atoms with van der Waals surface area (Å²) in [5.41, 5.74) is 5.41. The van der Waals surface area contributed by atoms with E-state index in [4.69, 9.17) is 14.8 Å². The van der Waals surface area contributed by atoms with Gasteiger partial charge in [-0.05, 0) is 19.3 Å². The number of phosphoric acid groups is 1. The Bertz CT molecular complexity index is 1130. The summed E-state index contributed by atoms with van der Waals surface area (Å²) in [6.45, 7) is 4.20. The smallest absolute Gasteiger partial charge is 0.387 e. The van der Waals surface area contributed by atoms with Crippen molar-refractivity contribution >= 4 is 13.7 Å². The quantitative estimate of drug-likeness (QED) is 0.0271. The molecule has 1 unspecified atom stereocenters. The second-order valence-electron chi connectivity index (χ2n) is 22.0. The van der Waals surface area contributed by atoms with Gasteiger partial charge in [-0.3, -0.25) is 13.8 Å². The zero-order valence-corrected chi connectivity index (χ0v) is 48.6. The number of nitrogens with one attached hydrogen (secondary N) is 1. The average Bonchev–Trinajstić information content (AvgIpc) is 3.36. The van der Waals surface area contributed by atoms with Crippen molar-refractivity contribution in [2.45, 2.75) is 360 Å². The number of rotatable bonds is 61. The Morgan fingerprint density at radius 1 is 0.451 bits per heavy atom. The molecule has 0 aliphatic carbocycles. The van der Waals surface area contributed by atoms with Crippen LogP contribution in [0.3, 0.4) is 0 Å². The Kier molecular flexibility index (Phi) is 57.9. The van der Waals surface area contributed by atoms with Crippen LogP contribution in [0.15, 0.2) is 12.2 Å². The lowest BCUT2D eigenvalue weighted by Crippen LogP contribution is -2.45. The number of aliphatic hydroxyl groups excluding tert-OH is 1. The lowest BCUT2D eigenvalue weighted by molar-refractivity contribution is -0.123. The van der Waals surface area contributed by atoms with Gasteiger partial charge in [0.25, 0.3) is 0 Å². The molecular weight excluding hydrogens is 900 g/mol. The molecule has 0 fully saturated rings. The van der Waals surface area contributed by atoms with Crippen LogP contribution in [0.5, 0.6) is 0 Å². The second-order valence-corrected chi connectivity index (χ2v) is 23.4. The number of unbranched alkanes of at least 4 members (excludes halogenated alkanes) is 49. The Balaban J connectivity index is 3.77. The standard InChI is InChI=1S/C62H125N2O6P/c1-3-5-7-9-11-13-15-17-19-21-22-23-24-25-26-27-28-29-30-31-32-33-34-35-36-37-38-39-40-42-44-46-48-50-52-54-56-62(66)64-60(59-70-71(67,68)69-58-57-63)61(65)55-53-51-49-47-45-43-41-20-18-16-14-12-10-8-6-4-2/h53,55,60-61,65H,3-52,54,56-59,63H2,1-2H3,(H,64,66)(H,67,68)/b55-53+/t60-,61+/m0/s1. The van der Waals surface area contributed by atoms with Crippen LogP contribution >= 0.6 is 7.82 Å². The van der Waals surface area contributed by atoms with Crippen LogP contribution in [-0.2, 0) is 18.4 Å². The summed E-state index contributed by atoms with van der Waals surface area (Å²) in [4.78, 5) is 22.9. The largest absolute Gasteiger partial charge is 0.472 e. The van der Waals surface area contributed by atoms with Crippen LogP contribution in [0, 0.1) is 0 Å². The molecule has 8 nitrogen and oxygen atoms in total. The van der Waals surface area contributed by atoms with Gasteiger partial charge >= 0.3 is 7.82 Å². The van der Waals surface area contributed by atoms with Crippen molar-refractivity contribution in [2.24, 2.45) is 5.73 Å². The number of hydrogen-bond donors (Lipinski definition) is 4. The third-order valence-corrected chi connectivity index (χ3v) is 15.8. The molecule has 9 heteroatoms. The first kappa shape index (κ1) is 70.2. The highest BCUT2D eigenvalue weighted by atomic mass is 31.2. The van der Waals surface area contributed by atoms with Gasteiger partial charge in [0.2, 0.25) is 5.91 Å². The van der Waals surface area contributed by atoms with E-state index in [1.807, 2.05) is 6.08 Å². The number of amides is 1. The molecule has 0 aromatic rings. The molecule has 0 aliphatic heterocycles. The summed E-state index contributed by atoms with van der Waals surface area (Å²) in [5, 5.41) is 13.8. The van der Waals surface area contributed by atoms with Crippen LogP contribution < -0.4 is 11.1 Å². The number of carbonyl (C=O) groups excluding carboxylic acids is 1. The van der Waals surface area contributed by atoms with Gasteiger partial charge in [0.1, 0.15) is 0 Å². The maximum Gasteiger partial charge on any atom is 0.472 e. The molecule has 0 spiro atoms. The van der Waals surface area contributed by atoms with Crippen LogP contribution in [0.1, 0.15) is 348 Å². The molecule has 1 amide bonds. The first-order valence-electron chi connectivity index (χ1n) is 31.8. The lowest BCUT2D eigenvalue weighted by atomic mass is 10.0. The number of nitrogens with two attached hydrogens (primary N) is 1. The minimum atomic E-state index is -4.34. The van der Waals surface area contributed by atoms with Crippen LogP contribution in [0.25, 0.3) is 0 Å². The fourth-order valence-corrected chi connectivity index (χ4v) is 10.8. The SMILES string of the molecule is CCCCCCCCCCCCCCCC/C=C/[C@@H](O)[C@H](COP(=O)(O)OCCN)NC(=O)CCCCCCCCCCCCCCCCCCCCCCCCCCCCCCCCCCCCCC. The zero-order chi connectivity index (χ0) is 51.7. The Morgan fingerprint density at radius 2 is 0.718 bits per heavy atom. The van der Waals surface area contributed by atoms with E-state index in [1.165, 1.54) is 289 Å². The number of carbonyl (C=O) groups is 1. The van der Waals surface area contributed by atoms with Crippen LogP contribution in [-0.4, -0.2) is 47.8 Å². The molecular formula is C62H125N2O6P. The summed E-state index contributed by atoms with van der Waals surface area (Å²) in [6.07, 6.45) is 72.0. The van der Waals surface area contributed by atoms with Gasteiger partial charge in [-0.25, -0.2) is 4.57 Å². The van der Waals surface area contributed by atoms with E-state index in [9.17, 15) is 19.4 Å². The first-order chi connectivity index (χ1) is 34.9. The van der Waals surface area contributed by atoms with E-state index in [-0.39, 0.29) is 25.7 Å². The summed E-state index contributed by atoms with van der Waals surface area (Å²) < 4.78 is 22.3. The van der Waals surface area contributed by atoms with Crippen molar-refractivity contribution < 1.29 is 28.4 Å². The van der Waals surface area contributed by atoms with Crippen molar-refractivity contribution in [1.29, 1.82) is 0 Å². The molecule has 0 aromatic heterocycles. The van der Waals surface area contributed by atoms with Crippen molar-refractivity contribution in [3.8, 4) is 0 Å². The number of hydrogen-bond acceptors (Lipinski definition) is 6. The van der Waals surface area contributed by atoms with Gasteiger partial charge in [-0.1, -0.05) is 334 Å². The molecule has 424 valence electrons. The van der Waals surface area contributed by atoms with Gasteiger partial charge in [-0.15, -0.1) is 0 Å². The van der Waals surface area contributed by atoms with Crippen molar-refractivity contribution in [3.05, 3.63) is 12.2 Å². The van der Waals surface area contributed by atoms with Gasteiger partial charge in [0.15, 0.2) is 0 Å². The zero-order valence-electron chi connectivity index (χ0n) is 47.8. The van der Waals surface area contributed by atoms with E-state index in [2.05, 4.69) is 19.2 Å². The van der Waals surface area contributed by atoms with Crippen LogP contribution in [0.4, 0.5) is 0 Å².